The molecule has 2 nitrogen and oxygen atoms in total. The Morgan fingerprint density at radius 2 is 1.71 bits per heavy atom. The van der Waals surface area contributed by atoms with Crippen molar-refractivity contribution < 1.29 is 9.47 Å². The van der Waals surface area contributed by atoms with Crippen molar-refractivity contribution in [2.75, 3.05) is 13.2 Å². The normalized spacial score (nSPS) is 15.9. The number of unbranched alkanes of at least 4 members (excludes halogenated alkanes) is 1. The van der Waals surface area contributed by atoms with E-state index >= 15 is 0 Å². The molecule has 0 amide bonds. The van der Waals surface area contributed by atoms with E-state index in [1.807, 2.05) is 19.1 Å². The Labute approximate surface area is 129 Å². The van der Waals surface area contributed by atoms with Crippen molar-refractivity contribution in [1.82, 2.24) is 0 Å². The summed E-state index contributed by atoms with van der Waals surface area (Å²) < 4.78 is 11.7. The summed E-state index contributed by atoms with van der Waals surface area (Å²) in [5.74, 6) is 0.938. The second-order valence-electron chi connectivity index (χ2n) is 5.99. The first kappa shape index (κ1) is 16.1. The fourth-order valence-electron chi connectivity index (χ4n) is 2.71. The summed E-state index contributed by atoms with van der Waals surface area (Å²) in [5, 5.41) is 0. The summed E-state index contributed by atoms with van der Waals surface area (Å²) >= 11 is 0. The van der Waals surface area contributed by atoms with Gasteiger partial charge in [-0.05, 0) is 50.3 Å². The Bertz CT molecular complexity index is 416. The van der Waals surface area contributed by atoms with Crippen LogP contribution in [0.1, 0.15) is 57.4 Å². The molecule has 0 saturated heterocycles. The summed E-state index contributed by atoms with van der Waals surface area (Å²) in [7, 11) is 0. The van der Waals surface area contributed by atoms with E-state index in [9.17, 15) is 0 Å². The van der Waals surface area contributed by atoms with Crippen molar-refractivity contribution >= 4 is 5.57 Å². The highest BCUT2D eigenvalue weighted by molar-refractivity contribution is 5.61. The van der Waals surface area contributed by atoms with Crippen molar-refractivity contribution in [1.29, 1.82) is 0 Å². The first-order valence-electron chi connectivity index (χ1n) is 8.26. The smallest absolute Gasteiger partial charge is 0.119 e. The van der Waals surface area contributed by atoms with Crippen LogP contribution in [0.15, 0.2) is 30.8 Å². The highest BCUT2D eigenvalue weighted by atomic mass is 16.5. The van der Waals surface area contributed by atoms with Crippen LogP contribution in [0.25, 0.3) is 5.57 Å². The van der Waals surface area contributed by atoms with Gasteiger partial charge in [0.2, 0.25) is 0 Å². The van der Waals surface area contributed by atoms with Gasteiger partial charge >= 0.3 is 0 Å². The highest BCUT2D eigenvalue weighted by Gasteiger charge is 2.12. The molecule has 0 spiro atoms. The van der Waals surface area contributed by atoms with E-state index in [1.54, 1.807) is 0 Å². The average Bonchev–Trinajstić information content (AvgIpc) is 2.52. The minimum absolute atomic E-state index is 0.523. The Morgan fingerprint density at radius 3 is 2.38 bits per heavy atom. The third kappa shape index (κ3) is 5.92. The van der Waals surface area contributed by atoms with Gasteiger partial charge in [-0.3, -0.25) is 0 Å². The van der Waals surface area contributed by atoms with E-state index in [0.29, 0.717) is 6.10 Å². The number of hydrogen-bond acceptors (Lipinski definition) is 2. The summed E-state index contributed by atoms with van der Waals surface area (Å²) in [6, 6.07) is 8.15. The van der Waals surface area contributed by atoms with E-state index in [4.69, 9.17) is 9.47 Å². The van der Waals surface area contributed by atoms with Crippen molar-refractivity contribution in [3.8, 4) is 5.75 Å². The third-order valence-corrected chi connectivity index (χ3v) is 4.06. The Balaban J connectivity index is 1.54. The van der Waals surface area contributed by atoms with Gasteiger partial charge in [-0.15, -0.1) is 0 Å². The molecule has 0 aromatic heterocycles. The van der Waals surface area contributed by atoms with Crippen LogP contribution in [0.3, 0.4) is 0 Å². The molecule has 1 aliphatic carbocycles. The minimum Gasteiger partial charge on any atom is -0.494 e. The second-order valence-corrected chi connectivity index (χ2v) is 5.99. The molecule has 0 heterocycles. The summed E-state index contributed by atoms with van der Waals surface area (Å²) in [6.45, 7) is 7.59. The fourth-order valence-corrected chi connectivity index (χ4v) is 2.71. The van der Waals surface area contributed by atoms with Crippen molar-refractivity contribution in [2.45, 2.75) is 58.0 Å². The molecular formula is C19H28O2. The molecule has 0 atom stereocenters. The van der Waals surface area contributed by atoms with Gasteiger partial charge in [0, 0.05) is 6.61 Å². The zero-order chi connectivity index (χ0) is 14.9. The topological polar surface area (TPSA) is 18.5 Å². The standard InChI is InChI=1S/C19H28O2/c1-16(2)17-10-12-19(13-11-17)21-15-7-6-14-20-18-8-4-3-5-9-18/h10-13,18H,1,3-9,14-15H2,2H3. The van der Waals surface area contributed by atoms with E-state index in [0.717, 1.165) is 37.4 Å². The van der Waals surface area contributed by atoms with Gasteiger partial charge in [0.25, 0.3) is 0 Å². The molecule has 1 aliphatic rings. The first-order valence-corrected chi connectivity index (χ1v) is 8.26. The van der Waals surface area contributed by atoms with Crippen LogP contribution in [0.2, 0.25) is 0 Å². The lowest BCUT2D eigenvalue weighted by Gasteiger charge is -2.21. The van der Waals surface area contributed by atoms with Gasteiger partial charge in [-0.25, -0.2) is 0 Å². The number of rotatable bonds is 8. The van der Waals surface area contributed by atoms with Crippen LogP contribution < -0.4 is 4.74 Å². The molecule has 2 rings (SSSR count). The number of hydrogen-bond donors (Lipinski definition) is 0. The first-order chi connectivity index (χ1) is 10.3. The third-order valence-electron chi connectivity index (χ3n) is 4.06. The Kier molecular flexibility index (Phi) is 6.81. The zero-order valence-corrected chi connectivity index (χ0v) is 13.3. The maximum Gasteiger partial charge on any atom is 0.119 e. The summed E-state index contributed by atoms with van der Waals surface area (Å²) in [5.41, 5.74) is 2.25. The van der Waals surface area contributed by atoms with Crippen LogP contribution in [0.4, 0.5) is 0 Å². The predicted molar refractivity (Wildman–Crippen MR) is 88.7 cm³/mol. The average molecular weight is 288 g/mol. The minimum atomic E-state index is 0.523. The molecule has 0 N–H and O–H groups in total. The molecule has 0 aliphatic heterocycles. The van der Waals surface area contributed by atoms with Crippen LogP contribution in [0.5, 0.6) is 5.75 Å². The van der Waals surface area contributed by atoms with Gasteiger partial charge in [-0.2, -0.15) is 0 Å². The quantitative estimate of drug-likeness (QED) is 0.610. The van der Waals surface area contributed by atoms with Gasteiger partial charge in [0.1, 0.15) is 5.75 Å². The van der Waals surface area contributed by atoms with Gasteiger partial charge in [0.05, 0.1) is 12.7 Å². The zero-order valence-electron chi connectivity index (χ0n) is 13.3. The largest absolute Gasteiger partial charge is 0.494 e. The van der Waals surface area contributed by atoms with Gasteiger partial charge in [-0.1, -0.05) is 43.5 Å². The number of benzene rings is 1. The molecule has 0 unspecified atom stereocenters. The Hall–Kier alpha value is -1.28. The summed E-state index contributed by atoms with van der Waals surface area (Å²) in [4.78, 5) is 0. The highest BCUT2D eigenvalue weighted by Crippen LogP contribution is 2.20. The van der Waals surface area contributed by atoms with E-state index in [-0.39, 0.29) is 0 Å². The molecule has 1 saturated carbocycles. The van der Waals surface area contributed by atoms with E-state index in [1.165, 1.54) is 37.7 Å². The lowest BCUT2D eigenvalue weighted by Crippen LogP contribution is -2.17. The summed E-state index contributed by atoms with van der Waals surface area (Å²) in [6.07, 6.45) is 9.24. The van der Waals surface area contributed by atoms with Gasteiger partial charge < -0.3 is 9.47 Å². The molecule has 1 aromatic rings. The van der Waals surface area contributed by atoms with Crippen LogP contribution in [0, 0.1) is 0 Å². The number of ether oxygens (including phenoxy) is 2. The molecule has 1 aromatic carbocycles. The van der Waals surface area contributed by atoms with E-state index in [2.05, 4.69) is 18.7 Å². The molecule has 0 bridgehead atoms. The van der Waals surface area contributed by atoms with Crippen LogP contribution >= 0.6 is 0 Å². The molecular weight excluding hydrogens is 260 g/mol. The van der Waals surface area contributed by atoms with Crippen LogP contribution in [-0.4, -0.2) is 19.3 Å². The van der Waals surface area contributed by atoms with Crippen molar-refractivity contribution in [2.24, 2.45) is 0 Å². The lowest BCUT2D eigenvalue weighted by molar-refractivity contribution is 0.0253. The molecule has 0 radical (unpaired) electrons. The Morgan fingerprint density at radius 1 is 1.05 bits per heavy atom. The fraction of sp³-hybridized carbons (Fsp3) is 0.579. The van der Waals surface area contributed by atoms with Gasteiger partial charge in [0.15, 0.2) is 0 Å². The van der Waals surface area contributed by atoms with Crippen molar-refractivity contribution in [3.05, 3.63) is 36.4 Å². The molecule has 21 heavy (non-hydrogen) atoms. The SMILES string of the molecule is C=C(C)c1ccc(OCCCCOC2CCCCC2)cc1. The predicted octanol–water partition coefficient (Wildman–Crippen LogP) is 5.23. The monoisotopic (exact) mass is 288 g/mol. The van der Waals surface area contributed by atoms with E-state index < -0.39 is 0 Å². The van der Waals surface area contributed by atoms with Crippen molar-refractivity contribution in [3.63, 3.8) is 0 Å². The van der Waals surface area contributed by atoms with Crippen LogP contribution in [-0.2, 0) is 4.74 Å². The second kappa shape index (κ2) is 8.89. The number of allylic oxidation sites excluding steroid dienone is 1. The lowest BCUT2D eigenvalue weighted by atomic mass is 9.98. The molecule has 2 heteroatoms. The maximum atomic E-state index is 5.91. The maximum absolute atomic E-state index is 5.91. The molecule has 116 valence electrons. The molecule has 1 fully saturated rings.